The maximum absolute atomic E-state index is 16.0. The fourth-order valence-corrected chi connectivity index (χ4v) is 17.9. The van der Waals surface area contributed by atoms with Crippen molar-refractivity contribution in [3.8, 4) is 5.75 Å². The third kappa shape index (κ3) is 31.5. The van der Waals surface area contributed by atoms with E-state index in [0.717, 1.165) is 31.5 Å². The number of aromatic amines is 3. The van der Waals surface area contributed by atoms with Gasteiger partial charge in [0, 0.05) is 131 Å². The predicted molar refractivity (Wildman–Crippen MR) is 513 cm³/mol. The second-order valence-electron chi connectivity index (χ2n) is 35.2. The third-order valence-corrected chi connectivity index (χ3v) is 25.8. The van der Waals surface area contributed by atoms with Gasteiger partial charge in [0.05, 0.1) is 37.6 Å². The first-order valence-corrected chi connectivity index (χ1v) is 47.7. The van der Waals surface area contributed by atoms with Crippen LogP contribution in [0.25, 0.3) is 21.8 Å². The number of primary amides is 1. The number of phenolic OH excluding ortho intramolecular Hbond substituents is 1. The van der Waals surface area contributed by atoms with Crippen LogP contribution in [0.1, 0.15) is 139 Å². The van der Waals surface area contributed by atoms with E-state index < -0.39 is 253 Å². The van der Waals surface area contributed by atoms with E-state index in [4.69, 9.17) is 28.0 Å². The molecule has 15 atom stereocenters. The van der Waals surface area contributed by atoms with E-state index in [2.05, 4.69) is 83.7 Å². The summed E-state index contributed by atoms with van der Waals surface area (Å²) in [6.07, 6.45) is 1.00. The molecule has 16 amide bonds. The molecule has 6 aromatic rings. The second kappa shape index (κ2) is 52.7. The van der Waals surface area contributed by atoms with Gasteiger partial charge < -0.3 is 141 Å². The zero-order valence-corrected chi connectivity index (χ0v) is 80.1. The number of nitrogens with zero attached hydrogens (tertiary/aromatic N) is 6. The van der Waals surface area contributed by atoms with Gasteiger partial charge in [-0.3, -0.25) is 97.1 Å². The maximum atomic E-state index is 16.0. The van der Waals surface area contributed by atoms with Gasteiger partial charge in [-0.05, 0) is 99.2 Å². The molecular weight excluding hydrogens is 1850 g/mol. The molecule has 9 rings (SSSR count). The number of phenols is 1. The topological polar surface area (TPSA) is 735 Å². The first kappa shape index (κ1) is 110. The summed E-state index contributed by atoms with van der Waals surface area (Å²) in [4.78, 5) is 283. The Bertz CT molecular complexity index is 5490. The minimum atomic E-state index is -2.04. The molecule has 15 unspecified atom stereocenters. The number of rotatable bonds is 29. The number of unbranched alkanes of at least 4 members (excludes halogenated alkanes) is 2. The van der Waals surface area contributed by atoms with Crippen molar-refractivity contribution in [2.24, 2.45) is 17.2 Å². The Morgan fingerprint density at radius 1 is 0.504 bits per heavy atom. The molecule has 27 N–H and O–H groups in total. The number of aliphatic hydroxyl groups is 1. The lowest BCUT2D eigenvalue weighted by Gasteiger charge is -2.36. The molecule has 6 heterocycles. The number of aromatic hydroxyl groups is 1. The third-order valence-electron chi connectivity index (χ3n) is 24.8. The van der Waals surface area contributed by atoms with Gasteiger partial charge in [-0.25, -0.2) is 4.98 Å². The molecule has 0 bridgehead atoms. The number of carbonyl (C=O) groups is 18. The normalized spacial score (nSPS) is 24.1. The van der Waals surface area contributed by atoms with Crippen LogP contribution < -0.4 is 81.0 Å². The van der Waals surface area contributed by atoms with Gasteiger partial charge in [0.2, 0.25) is 94.5 Å². The highest BCUT2D eigenvalue weighted by Crippen LogP contribution is 2.28. The Hall–Kier alpha value is -14.9. The minimum absolute atomic E-state index is 0.00652. The molecule has 764 valence electrons. The van der Waals surface area contributed by atoms with Crippen molar-refractivity contribution in [3.63, 3.8) is 0 Å². The van der Waals surface area contributed by atoms with Gasteiger partial charge in [0.1, 0.15) is 90.3 Å². The van der Waals surface area contributed by atoms with Crippen LogP contribution in [0.3, 0.4) is 0 Å². The Kier molecular flexibility index (Phi) is 41.0. The van der Waals surface area contributed by atoms with Crippen LogP contribution >= 0.6 is 11.8 Å². The summed E-state index contributed by atoms with van der Waals surface area (Å²) in [5, 5.41) is 90.7. The molecule has 3 aliphatic heterocycles. The molecular formula is C92H128N26O22S. The minimum Gasteiger partial charge on any atom is -0.508 e. The molecule has 3 saturated heterocycles. The number of carboxylic acid groups (broad SMARTS) is 2. The summed E-state index contributed by atoms with van der Waals surface area (Å²) in [5.74, 6) is -21.8. The number of nitrogens with two attached hydrogens (primary N) is 3. The van der Waals surface area contributed by atoms with Gasteiger partial charge in [-0.1, -0.05) is 88.1 Å². The Labute approximate surface area is 815 Å². The number of nitrogens with one attached hydrogen (secondary N) is 17. The van der Waals surface area contributed by atoms with Crippen LogP contribution in [-0.4, -0.2) is 339 Å². The summed E-state index contributed by atoms with van der Waals surface area (Å²) in [5.41, 5.74) is 19.5. The van der Waals surface area contributed by atoms with Crippen molar-refractivity contribution in [1.82, 2.24) is 108 Å². The number of para-hydroxylation sites is 2. The summed E-state index contributed by atoms with van der Waals surface area (Å²) >= 11 is 0.664. The number of aliphatic hydroxyl groups excluding tert-OH is 1. The van der Waals surface area contributed by atoms with E-state index >= 15 is 38.4 Å². The highest BCUT2D eigenvalue weighted by atomic mass is 32.2. The Morgan fingerprint density at radius 3 is 1.58 bits per heavy atom. The van der Waals surface area contributed by atoms with Crippen LogP contribution in [0.2, 0.25) is 0 Å². The number of carboxylic acids is 2. The maximum Gasteiger partial charge on any atom is 0.305 e. The first-order valence-electron chi connectivity index (χ1n) is 46.5. The van der Waals surface area contributed by atoms with Gasteiger partial charge in [-0.2, -0.15) is 0 Å². The number of H-pyrrole nitrogens is 3. The summed E-state index contributed by atoms with van der Waals surface area (Å²) < 4.78 is 0. The van der Waals surface area contributed by atoms with Crippen molar-refractivity contribution < 1.29 is 107 Å². The van der Waals surface area contributed by atoms with E-state index in [1.54, 1.807) is 67.8 Å². The van der Waals surface area contributed by atoms with Gasteiger partial charge in [0.15, 0.2) is 11.9 Å². The molecule has 0 spiro atoms. The fraction of sp³-hybridized carbons (Fsp3) is 0.511. The van der Waals surface area contributed by atoms with Crippen LogP contribution in [0.5, 0.6) is 5.75 Å². The van der Waals surface area contributed by atoms with E-state index in [9.17, 15) is 68.4 Å². The van der Waals surface area contributed by atoms with E-state index in [1.807, 2.05) is 6.92 Å². The fourth-order valence-electron chi connectivity index (χ4n) is 17.0. The monoisotopic (exact) mass is 1980 g/mol. The molecule has 0 aliphatic carbocycles. The molecule has 3 fully saturated rings. The zero-order chi connectivity index (χ0) is 103. The molecule has 3 aromatic carbocycles. The van der Waals surface area contributed by atoms with Gasteiger partial charge >= 0.3 is 11.9 Å². The van der Waals surface area contributed by atoms with Crippen LogP contribution in [-0.2, 0) is 112 Å². The van der Waals surface area contributed by atoms with E-state index in [1.165, 1.54) is 57.8 Å². The number of imidazole rings is 1. The largest absolute Gasteiger partial charge is 0.508 e. The SMILES string of the molecule is CCCCC1C(=O)N(C)C(CCCC)C(=O)NC(CC(=O)O)C(=O)NC(C(=O)NCC(N)=O)CSCC(=O)NC(Cc2ccc(O)cc2)C(=O)N(C)C(C)C(=O)NC(CC(=O)O)C(=O)N2CCCC2C(=O)NC(Cc2cnc[nH]2)C(=O)NC(CCCNC(=N)N)C(=O)N2CC(O)CC2C(=O)NC(Cc2c[nH]c3ccccc23)C(=O)NC(CCCNC(=N)N)C(=O)NC(Cc2c[nH]c3ccccc23)C(=O)N1C. The van der Waals surface area contributed by atoms with Gasteiger partial charge in [0.25, 0.3) is 0 Å². The number of hydrogen-bond donors (Lipinski definition) is 24. The lowest BCUT2D eigenvalue weighted by atomic mass is 9.99. The van der Waals surface area contributed by atoms with Crippen LogP contribution in [0, 0.1) is 10.8 Å². The first-order chi connectivity index (χ1) is 67.1. The number of thioether (sulfide) groups is 1. The standard InChI is InChI=1S/C92H128N26O22S/c1-7-9-24-69-83(133)110-64(39-75(123)124)82(132)113-68(78(128)103-44-73(93)121)46-141-47-74(122)105-65(34-50-27-29-54(119)30-28-50)86(136)114(4)49(3)77(127)111-67(40-76(125)126)89(139)117-33-17-26-70(117)84(134)109-63(37-53-43-98-48-104-53)81(131)107-61(23-16-32-100-92(96)97)88(138)118-45-55(120)38-72(118)85(135)108-62(35-51-41-101-58-20-13-11-18-56(51)58)80(130)106-60(22-15-31-99-91(94)95)79(129)112-66(36-52-42-102-59-21-14-12-19-57(52)59)87(137)116(6)71(25-10-8-2)90(140)115(69)5/h11-14,18-21,27-30,41-43,48-49,55,60-72,101-102,119-120H,7-10,15-17,22-26,31-40,44-47H2,1-6H3,(H2,93,121)(H,98,104)(H,103,128)(H,105,122)(H,106,130)(H,107,131)(H,108,135)(H,109,134)(H,110,133)(H,111,127)(H,112,129)(H,113,132)(H,123,124)(H,125,126)(H4,94,95,99)(H4,96,97,100). The lowest BCUT2D eigenvalue weighted by molar-refractivity contribution is -0.149. The number of likely N-dealkylation sites (N-methyl/N-ethyl adjacent to an activating group) is 3. The number of hydrogen-bond acceptors (Lipinski definition) is 24. The summed E-state index contributed by atoms with van der Waals surface area (Å²) in [6, 6.07) is -3.88. The lowest BCUT2D eigenvalue weighted by Crippen LogP contribution is -2.61. The molecule has 0 saturated carbocycles. The summed E-state index contributed by atoms with van der Waals surface area (Å²) in [6.45, 7) is 3.15. The average molecular weight is 1980 g/mol. The van der Waals surface area contributed by atoms with E-state index in [-0.39, 0.29) is 121 Å². The number of carbonyl (C=O) groups excluding carboxylic acids is 16. The zero-order valence-electron chi connectivity index (χ0n) is 79.2. The number of aliphatic carboxylic acids is 2. The highest BCUT2D eigenvalue weighted by Gasteiger charge is 2.47. The van der Waals surface area contributed by atoms with E-state index in [0.29, 0.717) is 63.1 Å². The van der Waals surface area contributed by atoms with Crippen molar-refractivity contribution >= 4 is 152 Å². The quantitative estimate of drug-likeness (QED) is 0.0122. The van der Waals surface area contributed by atoms with Crippen LogP contribution in [0.4, 0.5) is 0 Å². The molecule has 48 nitrogen and oxygen atoms in total. The summed E-state index contributed by atoms with van der Waals surface area (Å²) in [7, 11) is 3.73. The van der Waals surface area contributed by atoms with Crippen molar-refractivity contribution in [2.45, 2.75) is 233 Å². The molecule has 3 aliphatic rings. The molecule has 141 heavy (non-hydrogen) atoms. The second-order valence-corrected chi connectivity index (χ2v) is 36.2. The van der Waals surface area contributed by atoms with Crippen molar-refractivity contribution in [3.05, 3.63) is 120 Å². The van der Waals surface area contributed by atoms with Crippen molar-refractivity contribution in [1.29, 1.82) is 10.8 Å². The van der Waals surface area contributed by atoms with Crippen molar-refractivity contribution in [2.75, 3.05) is 65.4 Å². The molecule has 3 aromatic heterocycles. The number of fused-ring (bicyclic) bond motifs is 4. The average Bonchev–Trinajstić information content (AvgIpc) is 1.61. The number of aromatic nitrogens is 4. The number of benzene rings is 3. The number of guanidine groups is 2. The molecule has 49 heteroatoms. The number of amides is 16. The Balaban J connectivity index is 1.13. The molecule has 0 radical (unpaired) electrons. The Morgan fingerprint density at radius 2 is 1.00 bits per heavy atom. The van der Waals surface area contributed by atoms with Gasteiger partial charge in [-0.15, -0.1) is 11.8 Å². The predicted octanol–water partition coefficient (Wildman–Crippen LogP) is -3.63. The highest BCUT2D eigenvalue weighted by molar-refractivity contribution is 8.00. The smallest absolute Gasteiger partial charge is 0.305 e. The van der Waals surface area contributed by atoms with Crippen LogP contribution in [0.15, 0.2) is 97.7 Å².